The first-order valence-corrected chi connectivity index (χ1v) is 4.93. The minimum absolute atomic E-state index is 0.296. The SMILES string of the molecule is COc1nc(Oc2ccc(F)cc2)ccc1N. The highest BCUT2D eigenvalue weighted by Crippen LogP contribution is 2.25. The summed E-state index contributed by atoms with van der Waals surface area (Å²) < 4.78 is 23.1. The molecule has 2 N–H and O–H groups in total. The smallest absolute Gasteiger partial charge is 0.240 e. The third-order valence-corrected chi connectivity index (χ3v) is 2.09. The Balaban J connectivity index is 2.21. The number of hydrogen-bond acceptors (Lipinski definition) is 4. The van der Waals surface area contributed by atoms with Gasteiger partial charge in [0.1, 0.15) is 11.6 Å². The summed E-state index contributed by atoms with van der Waals surface area (Å²) in [5.41, 5.74) is 6.05. The van der Waals surface area contributed by atoms with Crippen molar-refractivity contribution in [2.24, 2.45) is 0 Å². The van der Waals surface area contributed by atoms with Crippen LogP contribution in [0.3, 0.4) is 0 Å². The molecule has 0 saturated heterocycles. The maximum Gasteiger partial charge on any atom is 0.240 e. The average molecular weight is 234 g/mol. The first-order chi connectivity index (χ1) is 8.19. The topological polar surface area (TPSA) is 57.4 Å². The van der Waals surface area contributed by atoms with E-state index in [1.165, 1.54) is 31.4 Å². The normalized spacial score (nSPS) is 10.0. The molecule has 0 aliphatic heterocycles. The highest BCUT2D eigenvalue weighted by molar-refractivity contribution is 5.49. The highest BCUT2D eigenvalue weighted by Gasteiger charge is 2.04. The molecule has 0 atom stereocenters. The summed E-state index contributed by atoms with van der Waals surface area (Å²) in [7, 11) is 1.47. The van der Waals surface area contributed by atoms with E-state index in [2.05, 4.69) is 4.98 Å². The zero-order chi connectivity index (χ0) is 12.3. The van der Waals surface area contributed by atoms with Crippen LogP contribution < -0.4 is 15.2 Å². The molecule has 0 bridgehead atoms. The molecular formula is C12H11FN2O2. The van der Waals surface area contributed by atoms with Gasteiger partial charge in [0.2, 0.25) is 11.8 Å². The third kappa shape index (κ3) is 2.63. The van der Waals surface area contributed by atoms with Crippen molar-refractivity contribution in [2.45, 2.75) is 0 Å². The van der Waals surface area contributed by atoms with E-state index < -0.39 is 0 Å². The number of pyridine rings is 1. The van der Waals surface area contributed by atoms with Crippen LogP contribution in [0.15, 0.2) is 36.4 Å². The second-order valence-corrected chi connectivity index (χ2v) is 3.30. The number of aromatic nitrogens is 1. The summed E-state index contributed by atoms with van der Waals surface area (Å²) in [6, 6.07) is 8.89. The molecule has 0 amide bonds. The van der Waals surface area contributed by atoms with E-state index in [1.54, 1.807) is 12.1 Å². The Morgan fingerprint density at radius 1 is 1.12 bits per heavy atom. The summed E-state index contributed by atoms with van der Waals surface area (Å²) in [4.78, 5) is 4.05. The van der Waals surface area contributed by atoms with E-state index >= 15 is 0 Å². The molecule has 0 radical (unpaired) electrons. The molecular weight excluding hydrogens is 223 g/mol. The number of nitrogens with two attached hydrogens (primary N) is 1. The van der Waals surface area contributed by atoms with Crippen LogP contribution >= 0.6 is 0 Å². The molecule has 88 valence electrons. The molecule has 2 aromatic rings. The Kier molecular flexibility index (Phi) is 3.09. The van der Waals surface area contributed by atoms with E-state index in [0.717, 1.165) is 0 Å². The zero-order valence-electron chi connectivity index (χ0n) is 9.18. The minimum Gasteiger partial charge on any atom is -0.479 e. The molecule has 1 heterocycles. The van der Waals surface area contributed by atoms with Gasteiger partial charge in [0, 0.05) is 6.07 Å². The zero-order valence-corrected chi connectivity index (χ0v) is 9.18. The fourth-order valence-electron chi connectivity index (χ4n) is 1.28. The van der Waals surface area contributed by atoms with E-state index in [1.807, 2.05) is 0 Å². The van der Waals surface area contributed by atoms with Crippen molar-refractivity contribution in [3.05, 3.63) is 42.2 Å². The van der Waals surface area contributed by atoms with Crippen LogP contribution in [0.1, 0.15) is 0 Å². The van der Waals surface area contributed by atoms with Crippen LogP contribution in [0.4, 0.5) is 10.1 Å². The summed E-state index contributed by atoms with van der Waals surface area (Å²) >= 11 is 0. The van der Waals surface area contributed by atoms with Crippen molar-refractivity contribution in [1.29, 1.82) is 0 Å². The van der Waals surface area contributed by atoms with Gasteiger partial charge in [-0.25, -0.2) is 4.39 Å². The van der Waals surface area contributed by atoms with E-state index in [-0.39, 0.29) is 5.82 Å². The molecule has 4 nitrogen and oxygen atoms in total. The molecule has 0 fully saturated rings. The Morgan fingerprint density at radius 2 is 1.82 bits per heavy atom. The number of ether oxygens (including phenoxy) is 2. The predicted molar refractivity (Wildman–Crippen MR) is 61.7 cm³/mol. The van der Waals surface area contributed by atoms with Crippen molar-refractivity contribution in [2.75, 3.05) is 12.8 Å². The molecule has 5 heteroatoms. The summed E-state index contributed by atoms with van der Waals surface area (Å²) in [5, 5.41) is 0. The van der Waals surface area contributed by atoms with E-state index in [9.17, 15) is 4.39 Å². The fraction of sp³-hybridized carbons (Fsp3) is 0.0833. The number of anilines is 1. The second-order valence-electron chi connectivity index (χ2n) is 3.30. The number of hydrogen-bond donors (Lipinski definition) is 1. The van der Waals surface area contributed by atoms with Crippen molar-refractivity contribution < 1.29 is 13.9 Å². The van der Waals surface area contributed by atoms with Crippen LogP contribution in [0.25, 0.3) is 0 Å². The van der Waals surface area contributed by atoms with Crippen LogP contribution in [-0.2, 0) is 0 Å². The Bertz CT molecular complexity index is 514. The molecule has 0 unspecified atom stereocenters. The second kappa shape index (κ2) is 4.69. The quantitative estimate of drug-likeness (QED) is 0.886. The highest BCUT2D eigenvalue weighted by atomic mass is 19.1. The van der Waals surface area contributed by atoms with Gasteiger partial charge in [-0.1, -0.05) is 0 Å². The van der Waals surface area contributed by atoms with Crippen molar-refractivity contribution in [1.82, 2.24) is 4.98 Å². The summed E-state index contributed by atoms with van der Waals surface area (Å²) in [6.45, 7) is 0. The third-order valence-electron chi connectivity index (χ3n) is 2.09. The van der Waals surface area contributed by atoms with Crippen LogP contribution in [-0.4, -0.2) is 12.1 Å². The predicted octanol–water partition coefficient (Wildman–Crippen LogP) is 2.60. The molecule has 0 aliphatic rings. The van der Waals surface area contributed by atoms with Gasteiger partial charge < -0.3 is 15.2 Å². The number of nitrogens with zero attached hydrogens (tertiary/aromatic N) is 1. The Morgan fingerprint density at radius 3 is 2.47 bits per heavy atom. The molecule has 0 saturated carbocycles. The number of benzene rings is 1. The van der Waals surface area contributed by atoms with Crippen molar-refractivity contribution >= 4 is 5.69 Å². The summed E-state index contributed by atoms with van der Waals surface area (Å²) in [5.74, 6) is 0.804. The standard InChI is InChI=1S/C12H11FN2O2/c1-16-12-10(14)6-7-11(15-12)17-9-4-2-8(13)3-5-9/h2-7H,14H2,1H3. The van der Waals surface area contributed by atoms with Crippen LogP contribution in [0.2, 0.25) is 0 Å². The number of halogens is 1. The van der Waals surface area contributed by atoms with E-state index in [4.69, 9.17) is 15.2 Å². The molecule has 0 aliphatic carbocycles. The fourth-order valence-corrected chi connectivity index (χ4v) is 1.28. The van der Waals surface area contributed by atoms with Gasteiger partial charge in [0.25, 0.3) is 0 Å². The lowest BCUT2D eigenvalue weighted by atomic mass is 10.3. The molecule has 1 aromatic carbocycles. The molecule has 17 heavy (non-hydrogen) atoms. The first kappa shape index (κ1) is 11.2. The van der Waals surface area contributed by atoms with Crippen molar-refractivity contribution in [3.63, 3.8) is 0 Å². The Labute approximate surface area is 97.8 Å². The number of methoxy groups -OCH3 is 1. The maximum absolute atomic E-state index is 12.7. The summed E-state index contributed by atoms with van der Waals surface area (Å²) in [6.07, 6.45) is 0. The Hall–Kier alpha value is -2.30. The van der Waals surface area contributed by atoms with E-state index in [0.29, 0.717) is 23.2 Å². The monoisotopic (exact) mass is 234 g/mol. The lowest BCUT2D eigenvalue weighted by molar-refractivity contribution is 0.385. The maximum atomic E-state index is 12.7. The van der Waals surface area contributed by atoms with Gasteiger partial charge in [0.05, 0.1) is 12.8 Å². The molecule has 0 spiro atoms. The number of nitrogen functional groups attached to an aromatic ring is 1. The van der Waals surface area contributed by atoms with Gasteiger partial charge in [-0.2, -0.15) is 4.98 Å². The lowest BCUT2D eigenvalue weighted by Crippen LogP contribution is -1.96. The molecule has 1 aromatic heterocycles. The van der Waals surface area contributed by atoms with Gasteiger partial charge >= 0.3 is 0 Å². The largest absolute Gasteiger partial charge is 0.479 e. The van der Waals surface area contributed by atoms with Gasteiger partial charge in [0.15, 0.2) is 0 Å². The van der Waals surface area contributed by atoms with Crippen LogP contribution in [0, 0.1) is 5.82 Å². The van der Waals surface area contributed by atoms with Gasteiger partial charge in [-0.3, -0.25) is 0 Å². The molecule has 2 rings (SSSR count). The van der Waals surface area contributed by atoms with Gasteiger partial charge in [-0.15, -0.1) is 0 Å². The average Bonchev–Trinajstić information content (AvgIpc) is 2.34. The first-order valence-electron chi connectivity index (χ1n) is 4.93. The van der Waals surface area contributed by atoms with Crippen LogP contribution in [0.5, 0.6) is 17.5 Å². The lowest BCUT2D eigenvalue weighted by Gasteiger charge is -2.07. The van der Waals surface area contributed by atoms with Crippen molar-refractivity contribution in [3.8, 4) is 17.5 Å². The number of rotatable bonds is 3. The minimum atomic E-state index is -0.319. The van der Waals surface area contributed by atoms with Gasteiger partial charge in [-0.05, 0) is 30.3 Å².